The monoisotopic (exact) mass is 790 g/mol. The summed E-state index contributed by atoms with van der Waals surface area (Å²) in [4.78, 5) is 16.3. The van der Waals surface area contributed by atoms with E-state index in [0.717, 1.165) is 82.2 Å². The summed E-state index contributed by atoms with van der Waals surface area (Å²) in [5.41, 5.74) is 10.2. The zero-order valence-electron chi connectivity index (χ0n) is 33.3. The molecule has 3 aromatic heterocycles. The number of aromatic nitrogens is 4. The molecule has 3 heterocycles. The molecule has 10 aromatic carbocycles. The number of nitrogens with zero attached hydrogens (tertiary/aromatic N) is 4. The lowest BCUT2D eigenvalue weighted by molar-refractivity contribution is 0.672. The van der Waals surface area contributed by atoms with Gasteiger partial charge in [0.15, 0.2) is 11.6 Å². The van der Waals surface area contributed by atoms with Crippen LogP contribution >= 0.6 is 0 Å². The average molecular weight is 791 g/mol. The van der Waals surface area contributed by atoms with Crippen molar-refractivity contribution < 1.29 is 4.42 Å². The van der Waals surface area contributed by atoms with Crippen LogP contribution in [0.4, 0.5) is 0 Å². The first kappa shape index (κ1) is 34.5. The van der Waals surface area contributed by atoms with Gasteiger partial charge < -0.3 is 4.42 Å². The molecule has 0 unspecified atom stereocenters. The molecule has 62 heavy (non-hydrogen) atoms. The van der Waals surface area contributed by atoms with Crippen LogP contribution < -0.4 is 0 Å². The summed E-state index contributed by atoms with van der Waals surface area (Å²) in [6.45, 7) is 0. The highest BCUT2D eigenvalue weighted by Gasteiger charge is 2.23. The first-order valence-corrected chi connectivity index (χ1v) is 20.9. The van der Waals surface area contributed by atoms with Crippen LogP contribution in [0.1, 0.15) is 0 Å². The second-order valence-electron chi connectivity index (χ2n) is 16.0. The van der Waals surface area contributed by atoms with E-state index in [4.69, 9.17) is 19.4 Å². The molecule has 0 aliphatic rings. The number of rotatable bonds is 5. The minimum Gasteiger partial charge on any atom is -0.455 e. The van der Waals surface area contributed by atoms with Crippen LogP contribution in [-0.4, -0.2) is 19.5 Å². The van der Waals surface area contributed by atoms with Gasteiger partial charge in [-0.15, -0.1) is 0 Å². The van der Waals surface area contributed by atoms with Crippen molar-refractivity contribution in [1.29, 1.82) is 0 Å². The third-order valence-corrected chi connectivity index (χ3v) is 12.4. The van der Waals surface area contributed by atoms with Crippen molar-refractivity contribution in [2.75, 3.05) is 0 Å². The largest absolute Gasteiger partial charge is 0.455 e. The predicted molar refractivity (Wildman–Crippen MR) is 256 cm³/mol. The van der Waals surface area contributed by atoms with E-state index in [2.05, 4.69) is 193 Å². The maximum absolute atomic E-state index is 6.66. The van der Waals surface area contributed by atoms with E-state index in [0.29, 0.717) is 17.6 Å². The standard InChI is InChI=1S/C57H34N4O/c1-2-12-35(13-3-1)36-22-24-37(25-23-36)38-26-28-41(29-27-38)55-58-56(48-34-42-16-6-9-19-45(42)54-52(48)46-20-10-11-21-50(46)62-54)60-57(59-55)61-49-33-31-39-14-4-7-17-43(39)51(49)47-32-30-40-15-5-8-18-44(40)53(47)61/h1-34H. The molecule has 0 fully saturated rings. The van der Waals surface area contributed by atoms with E-state index in [9.17, 15) is 0 Å². The van der Waals surface area contributed by atoms with Gasteiger partial charge >= 0.3 is 0 Å². The Kier molecular flexibility index (Phi) is 7.54. The van der Waals surface area contributed by atoms with Crippen LogP contribution in [0.3, 0.4) is 0 Å². The summed E-state index contributed by atoms with van der Waals surface area (Å²) < 4.78 is 8.91. The minimum absolute atomic E-state index is 0.548. The molecule has 0 spiro atoms. The number of para-hydroxylation sites is 1. The predicted octanol–water partition coefficient (Wildman–Crippen LogP) is 15.0. The minimum atomic E-state index is 0.548. The van der Waals surface area contributed by atoms with Gasteiger partial charge in [-0.2, -0.15) is 9.97 Å². The third kappa shape index (κ3) is 5.32. The molecule has 5 heteroatoms. The van der Waals surface area contributed by atoms with Gasteiger partial charge in [-0.3, -0.25) is 4.57 Å². The van der Waals surface area contributed by atoms with E-state index >= 15 is 0 Å². The van der Waals surface area contributed by atoms with Crippen molar-refractivity contribution in [2.24, 2.45) is 0 Å². The van der Waals surface area contributed by atoms with E-state index in [1.54, 1.807) is 0 Å². The third-order valence-electron chi connectivity index (χ3n) is 12.4. The lowest BCUT2D eigenvalue weighted by atomic mass is 9.99. The molecule has 0 radical (unpaired) electrons. The number of hydrogen-bond donors (Lipinski definition) is 0. The Labute approximate surface area is 355 Å². The lowest BCUT2D eigenvalue weighted by Crippen LogP contribution is -2.07. The van der Waals surface area contributed by atoms with Gasteiger partial charge in [0.25, 0.3) is 0 Å². The van der Waals surface area contributed by atoms with Crippen molar-refractivity contribution in [3.63, 3.8) is 0 Å². The summed E-state index contributed by atoms with van der Waals surface area (Å²) in [6.07, 6.45) is 0. The molecule has 0 atom stereocenters. The van der Waals surface area contributed by atoms with Gasteiger partial charge in [0.1, 0.15) is 11.2 Å². The first-order chi connectivity index (χ1) is 30.7. The quantitative estimate of drug-likeness (QED) is 0.174. The van der Waals surface area contributed by atoms with Crippen LogP contribution in [0.15, 0.2) is 211 Å². The van der Waals surface area contributed by atoms with Gasteiger partial charge in [0, 0.05) is 43.4 Å². The first-order valence-electron chi connectivity index (χ1n) is 20.9. The Morgan fingerprint density at radius 2 is 0.903 bits per heavy atom. The molecular weight excluding hydrogens is 757 g/mol. The molecule has 5 nitrogen and oxygen atoms in total. The van der Waals surface area contributed by atoms with Crippen LogP contribution in [0.25, 0.3) is 127 Å². The van der Waals surface area contributed by atoms with Crippen LogP contribution in [0.5, 0.6) is 0 Å². The fourth-order valence-corrected chi connectivity index (χ4v) is 9.50. The molecule has 0 aliphatic carbocycles. The van der Waals surface area contributed by atoms with Crippen molar-refractivity contribution in [2.45, 2.75) is 0 Å². The molecule has 0 aliphatic heterocycles. The molecule has 13 rings (SSSR count). The van der Waals surface area contributed by atoms with Crippen LogP contribution in [-0.2, 0) is 0 Å². The highest BCUT2D eigenvalue weighted by atomic mass is 16.3. The van der Waals surface area contributed by atoms with E-state index in [-0.39, 0.29) is 0 Å². The smallest absolute Gasteiger partial charge is 0.238 e. The number of furan rings is 1. The molecule has 13 aromatic rings. The summed E-state index contributed by atoms with van der Waals surface area (Å²) in [5.74, 6) is 1.70. The van der Waals surface area contributed by atoms with Crippen LogP contribution in [0.2, 0.25) is 0 Å². The summed E-state index contributed by atoms with van der Waals surface area (Å²) in [7, 11) is 0. The Balaban J connectivity index is 1.08. The van der Waals surface area contributed by atoms with Crippen molar-refractivity contribution in [3.05, 3.63) is 206 Å². The van der Waals surface area contributed by atoms with Gasteiger partial charge in [0.05, 0.1) is 11.0 Å². The molecule has 0 N–H and O–H groups in total. The Morgan fingerprint density at radius 3 is 1.65 bits per heavy atom. The molecule has 0 bridgehead atoms. The second-order valence-corrected chi connectivity index (χ2v) is 16.0. The normalized spacial score (nSPS) is 11.9. The number of hydrogen-bond acceptors (Lipinski definition) is 4. The molecule has 0 saturated heterocycles. The Bertz CT molecular complexity index is 3900. The Morgan fingerprint density at radius 1 is 0.355 bits per heavy atom. The van der Waals surface area contributed by atoms with Gasteiger partial charge in [-0.25, -0.2) is 4.98 Å². The highest BCUT2D eigenvalue weighted by Crippen LogP contribution is 2.43. The van der Waals surface area contributed by atoms with Gasteiger partial charge in [-0.1, -0.05) is 188 Å². The van der Waals surface area contributed by atoms with Crippen molar-refractivity contribution in [3.8, 4) is 51.0 Å². The number of benzene rings is 10. The summed E-state index contributed by atoms with van der Waals surface area (Å²) in [5, 5.41) is 11.1. The van der Waals surface area contributed by atoms with E-state index in [1.165, 1.54) is 27.3 Å². The molecule has 0 saturated carbocycles. The number of fused-ring (bicyclic) bond motifs is 12. The maximum atomic E-state index is 6.66. The molecular formula is C57H34N4O. The zero-order chi connectivity index (χ0) is 40.7. The summed E-state index contributed by atoms with van der Waals surface area (Å²) in [6, 6.07) is 72.7. The van der Waals surface area contributed by atoms with Gasteiger partial charge in [0.2, 0.25) is 5.95 Å². The lowest BCUT2D eigenvalue weighted by Gasteiger charge is -2.13. The molecule has 0 amide bonds. The SMILES string of the molecule is c1ccc(-c2ccc(-c3ccc(-c4nc(-c5cc6ccccc6c6oc7ccccc7c56)nc(-n5c6ccc7ccccc7c6c6ccc7ccccc7c65)n4)cc3)cc2)cc1. The van der Waals surface area contributed by atoms with Crippen molar-refractivity contribution >= 4 is 76.1 Å². The fraction of sp³-hybridized carbons (Fsp3) is 0. The van der Waals surface area contributed by atoms with Crippen LogP contribution in [0, 0.1) is 0 Å². The second kappa shape index (κ2) is 13.6. The van der Waals surface area contributed by atoms with E-state index < -0.39 is 0 Å². The topological polar surface area (TPSA) is 56.7 Å². The average Bonchev–Trinajstić information content (AvgIpc) is 3.91. The maximum Gasteiger partial charge on any atom is 0.238 e. The summed E-state index contributed by atoms with van der Waals surface area (Å²) >= 11 is 0. The van der Waals surface area contributed by atoms with E-state index in [1.807, 2.05) is 18.2 Å². The Hall–Kier alpha value is -8.41. The fourth-order valence-electron chi connectivity index (χ4n) is 9.50. The molecule has 288 valence electrons. The zero-order valence-corrected chi connectivity index (χ0v) is 33.3. The van der Waals surface area contributed by atoms with Crippen molar-refractivity contribution in [1.82, 2.24) is 19.5 Å². The highest BCUT2D eigenvalue weighted by molar-refractivity contribution is 6.26. The van der Waals surface area contributed by atoms with Gasteiger partial charge in [-0.05, 0) is 62.0 Å².